The predicted octanol–water partition coefficient (Wildman–Crippen LogP) is 3.74. The average Bonchev–Trinajstić information content (AvgIpc) is 2.93. The highest BCUT2D eigenvalue weighted by Gasteiger charge is 2.37. The van der Waals surface area contributed by atoms with E-state index in [9.17, 15) is 9.59 Å². The van der Waals surface area contributed by atoms with E-state index in [0.29, 0.717) is 24.9 Å². The summed E-state index contributed by atoms with van der Waals surface area (Å²) in [5, 5.41) is 3.42. The minimum absolute atomic E-state index is 0.0822. The topological polar surface area (TPSA) is 49.4 Å². The van der Waals surface area contributed by atoms with E-state index in [1.54, 1.807) is 0 Å². The molecule has 2 atom stereocenters. The lowest BCUT2D eigenvalue weighted by atomic mass is 10.0. The summed E-state index contributed by atoms with van der Waals surface area (Å²) in [4.78, 5) is 27.2. The van der Waals surface area contributed by atoms with Gasteiger partial charge in [0.25, 0.3) is 0 Å². The standard InChI is InChI=1S/C22H32N2O2/c1-2-3-4-5-17-6-8-18(9-7-17)21(25)12-13-22(26)24-19-10-11-20(24)16-23-15-14-19/h6-9,19-20,23H,2-5,10-16H2,1H3. The maximum Gasteiger partial charge on any atom is 0.223 e. The van der Waals surface area contributed by atoms with Gasteiger partial charge in [-0.05, 0) is 44.2 Å². The zero-order valence-electron chi connectivity index (χ0n) is 16.0. The highest BCUT2D eigenvalue weighted by Crippen LogP contribution is 2.28. The molecule has 4 heteroatoms. The van der Waals surface area contributed by atoms with Gasteiger partial charge in [-0.15, -0.1) is 0 Å². The van der Waals surface area contributed by atoms with Crippen LogP contribution in [0.15, 0.2) is 24.3 Å². The third kappa shape index (κ3) is 4.73. The second-order valence-corrected chi connectivity index (χ2v) is 7.76. The predicted molar refractivity (Wildman–Crippen MR) is 104 cm³/mol. The number of carbonyl (C=O) groups excluding carboxylic acids is 2. The molecule has 2 fully saturated rings. The van der Waals surface area contributed by atoms with Crippen LogP contribution in [0.25, 0.3) is 0 Å². The third-order valence-electron chi connectivity index (χ3n) is 5.85. The van der Waals surface area contributed by atoms with Crippen molar-refractivity contribution in [3.63, 3.8) is 0 Å². The summed E-state index contributed by atoms with van der Waals surface area (Å²) in [6.45, 7) is 4.10. The molecule has 0 saturated carbocycles. The molecule has 1 amide bonds. The van der Waals surface area contributed by atoms with Gasteiger partial charge in [-0.1, -0.05) is 44.0 Å². The molecule has 1 N–H and O–H groups in total. The minimum Gasteiger partial charge on any atom is -0.335 e. The summed E-state index contributed by atoms with van der Waals surface area (Å²) in [6.07, 6.45) is 8.65. The Morgan fingerprint density at radius 1 is 1.04 bits per heavy atom. The van der Waals surface area contributed by atoms with Crippen LogP contribution in [0.4, 0.5) is 0 Å². The summed E-state index contributed by atoms with van der Waals surface area (Å²) >= 11 is 0. The molecule has 142 valence electrons. The number of unbranched alkanes of at least 4 members (excludes halogenated alkanes) is 2. The summed E-state index contributed by atoms with van der Waals surface area (Å²) in [5.74, 6) is 0.240. The summed E-state index contributed by atoms with van der Waals surface area (Å²) in [6, 6.07) is 8.67. The zero-order valence-corrected chi connectivity index (χ0v) is 16.0. The van der Waals surface area contributed by atoms with E-state index in [1.807, 2.05) is 12.1 Å². The maximum atomic E-state index is 12.7. The van der Waals surface area contributed by atoms with Crippen LogP contribution < -0.4 is 5.32 Å². The van der Waals surface area contributed by atoms with Gasteiger partial charge in [0.2, 0.25) is 5.91 Å². The number of carbonyl (C=O) groups is 2. The Balaban J connectivity index is 1.49. The van der Waals surface area contributed by atoms with Crippen molar-refractivity contribution in [2.24, 2.45) is 0 Å². The minimum atomic E-state index is 0.0822. The van der Waals surface area contributed by atoms with Crippen LogP contribution in [0.3, 0.4) is 0 Å². The zero-order chi connectivity index (χ0) is 18.4. The number of ketones is 1. The first-order valence-corrected chi connectivity index (χ1v) is 10.3. The number of Topliss-reactive ketones (excluding diaryl/α,β-unsaturated/α-hetero) is 1. The number of nitrogens with one attached hydrogen (secondary N) is 1. The van der Waals surface area contributed by atoms with Crippen LogP contribution in [0, 0.1) is 0 Å². The van der Waals surface area contributed by atoms with E-state index in [1.165, 1.54) is 24.8 Å². The molecular weight excluding hydrogens is 324 g/mol. The molecule has 2 heterocycles. The molecule has 0 radical (unpaired) electrons. The van der Waals surface area contributed by atoms with Crippen molar-refractivity contribution in [3.05, 3.63) is 35.4 Å². The number of nitrogens with zero attached hydrogens (tertiary/aromatic N) is 1. The van der Waals surface area contributed by atoms with Crippen LogP contribution in [0.1, 0.15) is 74.2 Å². The normalized spacial score (nSPS) is 22.3. The van der Waals surface area contributed by atoms with Crippen molar-refractivity contribution in [1.82, 2.24) is 10.2 Å². The molecule has 0 aromatic heterocycles. The first-order valence-electron chi connectivity index (χ1n) is 10.3. The maximum absolute atomic E-state index is 12.7. The van der Waals surface area contributed by atoms with Gasteiger partial charge in [0.15, 0.2) is 5.78 Å². The van der Waals surface area contributed by atoms with Gasteiger partial charge in [0.1, 0.15) is 0 Å². The van der Waals surface area contributed by atoms with E-state index in [2.05, 4.69) is 29.3 Å². The molecular formula is C22H32N2O2. The Hall–Kier alpha value is -1.68. The highest BCUT2D eigenvalue weighted by atomic mass is 16.2. The van der Waals surface area contributed by atoms with Crippen LogP contribution >= 0.6 is 0 Å². The first kappa shape index (κ1) is 19.1. The Labute approximate surface area is 157 Å². The van der Waals surface area contributed by atoms with E-state index in [0.717, 1.165) is 44.3 Å². The second kappa shape index (κ2) is 9.31. The molecule has 0 aliphatic carbocycles. The van der Waals surface area contributed by atoms with Crippen LogP contribution in [-0.2, 0) is 11.2 Å². The summed E-state index contributed by atoms with van der Waals surface area (Å²) in [7, 11) is 0. The van der Waals surface area contributed by atoms with Crippen LogP contribution in [0.5, 0.6) is 0 Å². The molecule has 3 rings (SSSR count). The Bertz CT molecular complexity index is 597. The Morgan fingerprint density at radius 2 is 1.81 bits per heavy atom. The highest BCUT2D eigenvalue weighted by molar-refractivity contribution is 5.98. The molecule has 26 heavy (non-hydrogen) atoms. The molecule has 0 spiro atoms. The smallest absolute Gasteiger partial charge is 0.223 e. The Kier molecular flexibility index (Phi) is 6.84. The molecule has 2 unspecified atom stereocenters. The molecule has 2 aliphatic heterocycles. The van der Waals surface area contributed by atoms with Gasteiger partial charge in [0.05, 0.1) is 0 Å². The van der Waals surface area contributed by atoms with Gasteiger partial charge in [-0.3, -0.25) is 9.59 Å². The SMILES string of the molecule is CCCCCc1ccc(C(=O)CCC(=O)N2C3CCNCC2CC3)cc1. The molecule has 4 nitrogen and oxygen atoms in total. The molecule has 2 bridgehead atoms. The van der Waals surface area contributed by atoms with Gasteiger partial charge >= 0.3 is 0 Å². The summed E-state index contributed by atoms with van der Waals surface area (Å²) in [5.41, 5.74) is 2.03. The fourth-order valence-corrected chi connectivity index (χ4v) is 4.32. The number of rotatable bonds is 8. The van der Waals surface area contributed by atoms with Gasteiger partial charge in [0, 0.05) is 37.0 Å². The third-order valence-corrected chi connectivity index (χ3v) is 5.85. The van der Waals surface area contributed by atoms with Gasteiger partial charge < -0.3 is 10.2 Å². The lowest BCUT2D eigenvalue weighted by Gasteiger charge is -2.27. The van der Waals surface area contributed by atoms with Crippen molar-refractivity contribution in [2.45, 2.75) is 76.8 Å². The average molecular weight is 357 g/mol. The first-order chi connectivity index (χ1) is 12.7. The van der Waals surface area contributed by atoms with Crippen molar-refractivity contribution in [3.8, 4) is 0 Å². The Morgan fingerprint density at radius 3 is 2.58 bits per heavy atom. The number of hydrogen-bond donors (Lipinski definition) is 1. The number of amides is 1. The van der Waals surface area contributed by atoms with Gasteiger partial charge in [-0.2, -0.15) is 0 Å². The van der Waals surface area contributed by atoms with E-state index in [4.69, 9.17) is 0 Å². The molecule has 2 saturated heterocycles. The lowest BCUT2D eigenvalue weighted by Crippen LogP contribution is -2.42. The number of benzene rings is 1. The van der Waals surface area contributed by atoms with Crippen molar-refractivity contribution >= 4 is 11.7 Å². The molecule has 1 aromatic carbocycles. The van der Waals surface area contributed by atoms with Crippen LogP contribution in [-0.4, -0.2) is 41.8 Å². The van der Waals surface area contributed by atoms with E-state index >= 15 is 0 Å². The van der Waals surface area contributed by atoms with E-state index in [-0.39, 0.29) is 11.7 Å². The molecule has 1 aromatic rings. The largest absolute Gasteiger partial charge is 0.335 e. The van der Waals surface area contributed by atoms with Gasteiger partial charge in [-0.25, -0.2) is 0 Å². The lowest BCUT2D eigenvalue weighted by molar-refractivity contribution is -0.133. The van der Waals surface area contributed by atoms with Crippen LogP contribution in [0.2, 0.25) is 0 Å². The summed E-state index contributed by atoms with van der Waals surface area (Å²) < 4.78 is 0. The number of hydrogen-bond acceptors (Lipinski definition) is 3. The van der Waals surface area contributed by atoms with E-state index < -0.39 is 0 Å². The molecule has 2 aliphatic rings. The fraction of sp³-hybridized carbons (Fsp3) is 0.636. The number of aryl methyl sites for hydroxylation is 1. The fourth-order valence-electron chi connectivity index (χ4n) is 4.32. The number of fused-ring (bicyclic) bond motifs is 2. The quantitative estimate of drug-likeness (QED) is 0.570. The van der Waals surface area contributed by atoms with Crippen molar-refractivity contribution in [2.75, 3.05) is 13.1 Å². The monoisotopic (exact) mass is 356 g/mol. The van der Waals surface area contributed by atoms with Crippen molar-refractivity contribution in [1.29, 1.82) is 0 Å². The van der Waals surface area contributed by atoms with Crippen molar-refractivity contribution < 1.29 is 9.59 Å². The second-order valence-electron chi connectivity index (χ2n) is 7.76.